The number of rotatable bonds is 4. The average Bonchev–Trinajstić information content (AvgIpc) is 2.95. The molecule has 4 rings (SSSR count). The minimum Gasteiger partial charge on any atom is -0.372 e. The quantitative estimate of drug-likeness (QED) is 0.345. The summed E-state index contributed by atoms with van der Waals surface area (Å²) in [5.74, 6) is 0. The van der Waals surface area contributed by atoms with Gasteiger partial charge >= 0.3 is 0 Å². The molecule has 145 valence electrons. The molecule has 12 nitrogen and oxygen atoms in total. The Morgan fingerprint density at radius 1 is 1.19 bits per heavy atom. The molecular weight excluding hydrogens is 481 g/mol. The second kappa shape index (κ2) is 6.93. The molecule has 15 heteroatoms. The van der Waals surface area contributed by atoms with E-state index >= 15 is 0 Å². The molecule has 2 aliphatic rings. The van der Waals surface area contributed by atoms with Gasteiger partial charge in [-0.3, -0.25) is 13.0 Å². The number of hydrogen-bond donors (Lipinski definition) is 0. The van der Waals surface area contributed by atoms with Gasteiger partial charge in [-0.2, -0.15) is 21.9 Å². The van der Waals surface area contributed by atoms with E-state index in [4.69, 9.17) is 13.1 Å². The van der Waals surface area contributed by atoms with E-state index in [-0.39, 0.29) is 50.4 Å². The standard InChI is InChI=1S/C12H13N4O8S2.Y/c1-25(18,19)23-9-7-5-15-11-6(13-14-15)3-4-8(17)16(11)12(22-7)10(9)24-26(2,20)21;/h4,7,9-10,12H,5H2,1-2H3;/q-1;/t7-,9+,10?,12-;/m1./s1. The minimum atomic E-state index is -4.01. The number of aromatic nitrogens is 4. The van der Waals surface area contributed by atoms with E-state index in [0.717, 1.165) is 23.1 Å². The number of ether oxygens (including phenoxy) is 1. The molecule has 1 radical (unpaired) electrons. The Morgan fingerprint density at radius 2 is 1.81 bits per heavy atom. The number of fused-ring (bicyclic) bond motifs is 3. The fraction of sp³-hybridized carbons (Fsp3) is 0.583. The summed E-state index contributed by atoms with van der Waals surface area (Å²) >= 11 is 0. The normalized spacial score (nSPS) is 27.3. The Hall–Kier alpha value is -0.766. The van der Waals surface area contributed by atoms with Crippen LogP contribution in [0.2, 0.25) is 0 Å². The molecule has 0 saturated carbocycles. The van der Waals surface area contributed by atoms with E-state index in [1.54, 1.807) is 0 Å². The third-order valence-corrected chi connectivity index (χ3v) is 5.12. The van der Waals surface area contributed by atoms with Gasteiger partial charge in [-0.25, -0.2) is 0 Å². The van der Waals surface area contributed by atoms with Crippen LogP contribution in [0.15, 0.2) is 10.9 Å². The van der Waals surface area contributed by atoms with Crippen molar-refractivity contribution in [3.8, 4) is 0 Å². The first-order chi connectivity index (χ1) is 12.0. The largest absolute Gasteiger partial charge is 0.372 e. The summed E-state index contributed by atoms with van der Waals surface area (Å²) in [4.78, 5) is 12.4. The van der Waals surface area contributed by atoms with Crippen LogP contribution in [0.4, 0.5) is 0 Å². The van der Waals surface area contributed by atoms with Gasteiger partial charge in [0.05, 0.1) is 24.7 Å². The van der Waals surface area contributed by atoms with Crippen LogP contribution in [0.3, 0.4) is 0 Å². The Labute approximate surface area is 178 Å². The molecule has 4 heterocycles. The molecule has 0 spiro atoms. The van der Waals surface area contributed by atoms with Crippen molar-refractivity contribution >= 4 is 31.4 Å². The van der Waals surface area contributed by atoms with Crippen LogP contribution in [-0.4, -0.2) is 67.2 Å². The monoisotopic (exact) mass is 494 g/mol. The zero-order chi connectivity index (χ0) is 18.9. The third-order valence-electron chi connectivity index (χ3n) is 3.97. The predicted molar refractivity (Wildman–Crippen MR) is 84.0 cm³/mol. The average molecular weight is 494 g/mol. The van der Waals surface area contributed by atoms with Crippen molar-refractivity contribution in [2.45, 2.75) is 31.1 Å². The summed E-state index contributed by atoms with van der Waals surface area (Å²) in [6, 6.07) is 3.78. The van der Waals surface area contributed by atoms with E-state index in [1.165, 1.54) is 4.68 Å². The number of hydrogen-bond acceptors (Lipinski definition) is 10. The smallest absolute Gasteiger partial charge is 0.264 e. The molecule has 0 N–H and O–H groups in total. The Bertz CT molecular complexity index is 1160. The van der Waals surface area contributed by atoms with Gasteiger partial charge in [-0.05, 0) is 0 Å². The van der Waals surface area contributed by atoms with Crippen molar-refractivity contribution in [1.29, 1.82) is 0 Å². The van der Waals surface area contributed by atoms with Crippen molar-refractivity contribution in [3.05, 3.63) is 22.5 Å². The maximum atomic E-state index is 12.4. The van der Waals surface area contributed by atoms with Crippen LogP contribution < -0.4 is 5.56 Å². The second-order valence-corrected chi connectivity index (χ2v) is 9.24. The molecule has 4 atom stereocenters. The molecule has 2 bridgehead atoms. The molecule has 0 aromatic carbocycles. The van der Waals surface area contributed by atoms with Crippen LogP contribution in [-0.2, 0) is 72.6 Å². The topological polar surface area (TPSA) is 149 Å². The summed E-state index contributed by atoms with van der Waals surface area (Å²) in [6.45, 7) is -0.0197. The third kappa shape index (κ3) is 3.88. The molecule has 0 aliphatic carbocycles. The Balaban J connectivity index is 0.00000210. The van der Waals surface area contributed by atoms with E-state index in [9.17, 15) is 21.6 Å². The van der Waals surface area contributed by atoms with Gasteiger partial charge in [0.15, 0.2) is 6.10 Å². The van der Waals surface area contributed by atoms with E-state index in [1.807, 2.05) is 0 Å². The number of nitrogens with zero attached hydrogens (tertiary/aromatic N) is 4. The summed E-state index contributed by atoms with van der Waals surface area (Å²) in [5, 5.41) is 7.80. The Kier molecular flexibility index (Phi) is 5.38. The fourth-order valence-corrected chi connectivity index (χ4v) is 4.41. The molecule has 27 heavy (non-hydrogen) atoms. The van der Waals surface area contributed by atoms with E-state index in [2.05, 4.69) is 16.4 Å². The molecule has 1 fully saturated rings. The first-order valence-electron chi connectivity index (χ1n) is 7.32. The second-order valence-electron chi connectivity index (χ2n) is 6.04. The summed E-state index contributed by atoms with van der Waals surface area (Å²) < 4.78 is 64.9. The summed E-state index contributed by atoms with van der Waals surface area (Å²) in [6.07, 6.45) is -3.24. The van der Waals surface area contributed by atoms with Crippen molar-refractivity contribution in [2.24, 2.45) is 0 Å². The van der Waals surface area contributed by atoms with Gasteiger partial charge in [0.25, 0.3) is 20.2 Å². The first-order valence-corrected chi connectivity index (χ1v) is 11.0. The van der Waals surface area contributed by atoms with Crippen LogP contribution in [0.5, 0.6) is 0 Å². The van der Waals surface area contributed by atoms with Crippen molar-refractivity contribution < 1.29 is 62.6 Å². The minimum absolute atomic E-state index is 0. The zero-order valence-corrected chi connectivity index (χ0v) is 18.5. The fourth-order valence-electron chi connectivity index (χ4n) is 3.17. The predicted octanol–water partition coefficient (Wildman–Crippen LogP) is -2.01. The summed E-state index contributed by atoms with van der Waals surface area (Å²) in [7, 11) is -7.97. The molecule has 2 aliphatic heterocycles. The SMILES string of the molecule is CS(=O)(=O)OC1[C@@H](OS(C)(=O)=O)[C@H]2Cn3nnc4[c-]cc(=O)n(c43)[C@@H]1O2.[Y]. The molecule has 1 saturated heterocycles. The van der Waals surface area contributed by atoms with E-state index < -0.39 is 50.3 Å². The van der Waals surface area contributed by atoms with Gasteiger partial charge in [-0.15, -0.1) is 12.1 Å². The van der Waals surface area contributed by atoms with Crippen molar-refractivity contribution in [1.82, 2.24) is 19.6 Å². The van der Waals surface area contributed by atoms with Crippen LogP contribution in [0.1, 0.15) is 6.23 Å². The summed E-state index contributed by atoms with van der Waals surface area (Å²) in [5.41, 5.74) is -0.0156. The zero-order valence-electron chi connectivity index (χ0n) is 14.0. The molecular formula is C12H13N4O8S2Y-. The van der Waals surface area contributed by atoms with Crippen molar-refractivity contribution in [3.63, 3.8) is 0 Å². The number of pyridine rings is 1. The van der Waals surface area contributed by atoms with Crippen LogP contribution >= 0.6 is 0 Å². The maximum Gasteiger partial charge on any atom is 0.264 e. The maximum absolute atomic E-state index is 12.4. The van der Waals surface area contributed by atoms with Crippen LogP contribution in [0.25, 0.3) is 11.2 Å². The van der Waals surface area contributed by atoms with Gasteiger partial charge in [-0.1, -0.05) is 5.21 Å². The van der Waals surface area contributed by atoms with Crippen LogP contribution in [0, 0.1) is 6.07 Å². The van der Waals surface area contributed by atoms with Gasteiger partial charge in [0, 0.05) is 38.2 Å². The van der Waals surface area contributed by atoms with Gasteiger partial charge in [0.1, 0.15) is 24.0 Å². The first kappa shape index (κ1) is 21.0. The van der Waals surface area contributed by atoms with E-state index in [0.29, 0.717) is 0 Å². The molecule has 2 aromatic heterocycles. The molecule has 2 aromatic rings. The molecule has 1 unspecified atom stereocenters. The van der Waals surface area contributed by atoms with Gasteiger partial charge < -0.3 is 14.1 Å². The molecule has 0 amide bonds. The van der Waals surface area contributed by atoms with Crippen molar-refractivity contribution in [2.75, 3.05) is 12.5 Å². The Morgan fingerprint density at radius 3 is 2.44 bits per heavy atom. The van der Waals surface area contributed by atoms with Gasteiger partial charge in [0.2, 0.25) is 0 Å².